The van der Waals surface area contributed by atoms with Gasteiger partial charge in [0.15, 0.2) is 0 Å². The van der Waals surface area contributed by atoms with E-state index in [1.54, 1.807) is 6.07 Å². The van der Waals surface area contributed by atoms with Crippen LogP contribution in [0.15, 0.2) is 35.1 Å². The fourth-order valence-corrected chi connectivity index (χ4v) is 3.86. The lowest BCUT2D eigenvalue weighted by Crippen LogP contribution is -2.41. The van der Waals surface area contributed by atoms with Crippen molar-refractivity contribution in [2.75, 3.05) is 18.4 Å². The van der Waals surface area contributed by atoms with Crippen LogP contribution in [0.3, 0.4) is 0 Å². The van der Waals surface area contributed by atoms with E-state index < -0.39 is 0 Å². The normalized spacial score (nSPS) is 18.1. The van der Waals surface area contributed by atoms with Gasteiger partial charge in [-0.25, -0.2) is 4.98 Å². The van der Waals surface area contributed by atoms with Crippen LogP contribution in [0.1, 0.15) is 49.7 Å². The second kappa shape index (κ2) is 7.75. The van der Waals surface area contributed by atoms with Crippen molar-refractivity contribution in [2.24, 2.45) is 0 Å². The van der Waals surface area contributed by atoms with Crippen LogP contribution in [0.4, 0.5) is 5.69 Å². The number of anilines is 1. The molecule has 1 aliphatic rings. The summed E-state index contributed by atoms with van der Waals surface area (Å²) in [6, 6.07) is 10.7. The molecule has 1 aromatic carbocycles. The summed E-state index contributed by atoms with van der Waals surface area (Å²) < 4.78 is 1.39. The second-order valence-electron chi connectivity index (χ2n) is 8.03. The molecule has 1 atom stereocenters. The zero-order valence-corrected chi connectivity index (χ0v) is 16.8. The third-order valence-electron chi connectivity index (χ3n) is 5.33. The van der Waals surface area contributed by atoms with Gasteiger partial charge in [-0.2, -0.15) is 9.50 Å². The zero-order chi connectivity index (χ0) is 19.7. The molecule has 0 saturated carbocycles. The molecule has 2 N–H and O–H groups in total. The van der Waals surface area contributed by atoms with E-state index in [0.29, 0.717) is 30.1 Å². The molecule has 1 fully saturated rings. The quantitative estimate of drug-likeness (QED) is 0.712. The van der Waals surface area contributed by atoms with Crippen LogP contribution in [0, 0.1) is 6.92 Å². The number of aryl methyl sites for hydroxylation is 1. The predicted molar refractivity (Wildman–Crippen MR) is 111 cm³/mol. The summed E-state index contributed by atoms with van der Waals surface area (Å²) >= 11 is 0. The summed E-state index contributed by atoms with van der Waals surface area (Å²) in [5, 5.41) is 6.57. The molecule has 0 unspecified atom stereocenters. The average molecular weight is 380 g/mol. The van der Waals surface area contributed by atoms with E-state index in [1.165, 1.54) is 15.8 Å². The van der Waals surface area contributed by atoms with Gasteiger partial charge in [0.05, 0.1) is 5.69 Å². The highest BCUT2D eigenvalue weighted by Gasteiger charge is 2.21. The van der Waals surface area contributed by atoms with Crippen LogP contribution in [0.25, 0.3) is 5.78 Å². The van der Waals surface area contributed by atoms with Crippen molar-refractivity contribution in [2.45, 2.75) is 52.1 Å². The molecule has 0 spiro atoms. The molecule has 0 bridgehead atoms. The Hall–Kier alpha value is -2.67. The van der Waals surface area contributed by atoms with E-state index in [1.807, 2.05) is 6.92 Å². The second-order valence-corrected chi connectivity index (χ2v) is 8.03. The van der Waals surface area contributed by atoms with E-state index in [4.69, 9.17) is 0 Å². The lowest BCUT2D eigenvalue weighted by molar-refractivity contribution is 0.206. The van der Waals surface area contributed by atoms with Gasteiger partial charge in [-0.1, -0.05) is 26.0 Å². The van der Waals surface area contributed by atoms with Gasteiger partial charge in [0.2, 0.25) is 0 Å². The molecule has 2 aromatic heterocycles. The number of nitrogens with one attached hydrogen (secondary N) is 2. The van der Waals surface area contributed by atoms with Crippen molar-refractivity contribution in [1.82, 2.24) is 24.5 Å². The summed E-state index contributed by atoms with van der Waals surface area (Å²) in [5.74, 6) is 1.68. The summed E-state index contributed by atoms with van der Waals surface area (Å²) in [6.45, 7) is 8.87. The Balaban J connectivity index is 1.41. The Bertz CT molecular complexity index is 1000. The first-order chi connectivity index (χ1) is 13.5. The van der Waals surface area contributed by atoms with Gasteiger partial charge in [-0.15, -0.1) is 0 Å². The Morgan fingerprint density at radius 3 is 2.79 bits per heavy atom. The third kappa shape index (κ3) is 4.09. The van der Waals surface area contributed by atoms with Gasteiger partial charge in [0, 0.05) is 30.9 Å². The minimum Gasteiger partial charge on any atom is -0.381 e. The Morgan fingerprint density at radius 1 is 1.25 bits per heavy atom. The van der Waals surface area contributed by atoms with E-state index in [2.05, 4.69) is 63.4 Å². The van der Waals surface area contributed by atoms with Crippen LogP contribution >= 0.6 is 0 Å². The number of aromatic nitrogens is 4. The Kier molecular flexibility index (Phi) is 5.17. The number of benzene rings is 1. The molecular weight excluding hydrogens is 352 g/mol. The average Bonchev–Trinajstić information content (AvgIpc) is 3.03. The van der Waals surface area contributed by atoms with Crippen molar-refractivity contribution in [1.29, 1.82) is 0 Å². The van der Waals surface area contributed by atoms with Crippen LogP contribution in [0.2, 0.25) is 0 Å². The lowest BCUT2D eigenvalue weighted by Gasteiger charge is -2.33. The number of hydrogen-bond acceptors (Lipinski definition) is 5. The Labute approximate surface area is 164 Å². The van der Waals surface area contributed by atoms with Crippen LogP contribution in [0.5, 0.6) is 0 Å². The zero-order valence-electron chi connectivity index (χ0n) is 16.8. The minimum absolute atomic E-state index is 0.113. The number of aromatic amines is 1. The van der Waals surface area contributed by atoms with E-state index in [0.717, 1.165) is 31.6 Å². The molecule has 28 heavy (non-hydrogen) atoms. The highest BCUT2D eigenvalue weighted by molar-refractivity contribution is 5.46. The first-order valence-corrected chi connectivity index (χ1v) is 10.0. The molecule has 3 aromatic rings. The fourth-order valence-electron chi connectivity index (χ4n) is 3.86. The monoisotopic (exact) mass is 380 g/mol. The molecule has 0 aliphatic carbocycles. The van der Waals surface area contributed by atoms with Gasteiger partial charge in [-0.05, 0) is 49.9 Å². The van der Waals surface area contributed by atoms with Gasteiger partial charge in [-0.3, -0.25) is 14.8 Å². The highest BCUT2D eigenvalue weighted by atomic mass is 16.1. The maximum atomic E-state index is 12.3. The van der Waals surface area contributed by atoms with Gasteiger partial charge in [0.1, 0.15) is 5.82 Å². The largest absolute Gasteiger partial charge is 0.381 e. The smallest absolute Gasteiger partial charge is 0.274 e. The maximum Gasteiger partial charge on any atom is 0.274 e. The van der Waals surface area contributed by atoms with E-state index >= 15 is 0 Å². The van der Waals surface area contributed by atoms with Crippen LogP contribution in [-0.4, -0.2) is 43.6 Å². The number of rotatable bonds is 5. The highest BCUT2D eigenvalue weighted by Crippen LogP contribution is 2.20. The summed E-state index contributed by atoms with van der Waals surface area (Å²) in [4.78, 5) is 23.4. The molecule has 1 aliphatic heterocycles. The number of nitrogens with zero attached hydrogens (tertiary/aromatic N) is 4. The molecule has 4 rings (SSSR count). The topological polar surface area (TPSA) is 78.3 Å². The van der Waals surface area contributed by atoms with Crippen molar-refractivity contribution in [3.63, 3.8) is 0 Å². The van der Waals surface area contributed by atoms with Crippen molar-refractivity contribution in [3.8, 4) is 0 Å². The van der Waals surface area contributed by atoms with Crippen molar-refractivity contribution in [3.05, 3.63) is 57.8 Å². The number of likely N-dealkylation sites (tertiary alicyclic amines) is 1. The third-order valence-corrected chi connectivity index (χ3v) is 5.33. The van der Waals surface area contributed by atoms with E-state index in [9.17, 15) is 4.79 Å². The standard InChI is InChI=1S/C21H28N6O/c1-14(2)16-6-8-17(9-7-16)23-18-5-4-10-26(12-18)13-19-11-20(28)27-21(24-19)22-15(3)25-27/h6-9,11,14,18,23H,4-5,10,12-13H2,1-3H3,(H,22,24,25)/t18-/m1/s1. The Morgan fingerprint density at radius 2 is 2.04 bits per heavy atom. The molecule has 7 nitrogen and oxygen atoms in total. The summed E-state index contributed by atoms with van der Waals surface area (Å²) in [7, 11) is 0. The molecule has 148 valence electrons. The number of hydrogen-bond donors (Lipinski definition) is 2. The fraction of sp³-hybridized carbons (Fsp3) is 0.476. The first kappa shape index (κ1) is 18.7. The van der Waals surface area contributed by atoms with Gasteiger partial charge < -0.3 is 5.32 Å². The van der Waals surface area contributed by atoms with Crippen LogP contribution < -0.4 is 10.9 Å². The molecule has 3 heterocycles. The van der Waals surface area contributed by atoms with E-state index in [-0.39, 0.29) is 5.56 Å². The first-order valence-electron chi connectivity index (χ1n) is 10.0. The molecule has 1 saturated heterocycles. The SMILES string of the molecule is Cc1nc2nc(CN3CCC[C@@H](Nc4ccc(C(C)C)cc4)C3)cc(=O)n2[nH]1. The van der Waals surface area contributed by atoms with Gasteiger partial charge >= 0.3 is 0 Å². The predicted octanol–water partition coefficient (Wildman–Crippen LogP) is 2.93. The van der Waals surface area contributed by atoms with Crippen molar-refractivity contribution < 1.29 is 0 Å². The minimum atomic E-state index is -0.113. The summed E-state index contributed by atoms with van der Waals surface area (Å²) in [5.41, 5.74) is 3.19. The maximum absolute atomic E-state index is 12.3. The molecule has 7 heteroatoms. The van der Waals surface area contributed by atoms with Crippen LogP contribution in [-0.2, 0) is 6.54 Å². The molecule has 0 radical (unpaired) electrons. The lowest BCUT2D eigenvalue weighted by atomic mass is 10.0. The number of piperidine rings is 1. The number of fused-ring (bicyclic) bond motifs is 1. The molecular formula is C21H28N6O. The van der Waals surface area contributed by atoms with Gasteiger partial charge in [0.25, 0.3) is 11.3 Å². The van der Waals surface area contributed by atoms with Crippen molar-refractivity contribution >= 4 is 11.5 Å². The molecule has 0 amide bonds. The number of H-pyrrole nitrogens is 1. The summed E-state index contributed by atoms with van der Waals surface area (Å²) in [6.07, 6.45) is 2.28.